The smallest absolute Gasteiger partial charge is 0.354 e. The van der Waals surface area contributed by atoms with Gasteiger partial charge in [-0.25, -0.2) is 14.4 Å². The Morgan fingerprint density at radius 3 is 2.06 bits per heavy atom. The van der Waals surface area contributed by atoms with Crippen LogP contribution in [0.4, 0.5) is 0 Å². The van der Waals surface area contributed by atoms with Crippen LogP contribution in [0.15, 0.2) is 59.3 Å². The zero-order valence-electron chi connectivity index (χ0n) is 18.4. The molecule has 9 nitrogen and oxygen atoms in total. The highest BCUT2D eigenvalue weighted by molar-refractivity contribution is 6.30. The van der Waals surface area contributed by atoms with Gasteiger partial charge in [0.2, 0.25) is 0 Å². The summed E-state index contributed by atoms with van der Waals surface area (Å²) in [5.41, 5.74) is -2.09. The van der Waals surface area contributed by atoms with E-state index in [1.54, 1.807) is 36.4 Å². The second kappa shape index (κ2) is 9.50. The largest absolute Gasteiger partial charge is 0.468 e. The van der Waals surface area contributed by atoms with Crippen molar-refractivity contribution in [1.29, 1.82) is 0 Å². The second-order valence-electron chi connectivity index (χ2n) is 7.16. The predicted molar refractivity (Wildman–Crippen MR) is 116 cm³/mol. The van der Waals surface area contributed by atoms with E-state index in [1.165, 1.54) is 11.0 Å². The van der Waals surface area contributed by atoms with Crippen LogP contribution in [-0.4, -0.2) is 63.3 Å². The summed E-state index contributed by atoms with van der Waals surface area (Å²) in [5, 5.41) is 0.511. The van der Waals surface area contributed by atoms with Crippen molar-refractivity contribution >= 4 is 35.5 Å². The van der Waals surface area contributed by atoms with Crippen LogP contribution in [0, 0.1) is 5.41 Å². The van der Waals surface area contributed by atoms with Crippen molar-refractivity contribution < 1.29 is 38.1 Å². The molecule has 1 aliphatic carbocycles. The maximum Gasteiger partial charge on any atom is 0.354 e. The highest BCUT2D eigenvalue weighted by Gasteiger charge is 2.66. The molecule has 0 unspecified atom stereocenters. The lowest BCUT2D eigenvalue weighted by Gasteiger charge is -2.38. The van der Waals surface area contributed by atoms with Gasteiger partial charge in [0.25, 0.3) is 0 Å². The molecule has 174 valence electrons. The van der Waals surface area contributed by atoms with Crippen molar-refractivity contribution in [3.8, 4) is 0 Å². The fourth-order valence-corrected chi connectivity index (χ4v) is 4.38. The molecular formula is C23H22ClNO8. The number of rotatable bonds is 6. The predicted octanol–water partition coefficient (Wildman–Crippen LogP) is 1.95. The molecule has 0 radical (unpaired) electrons. The molecule has 1 heterocycles. The number of halogens is 1. The molecule has 0 bridgehead atoms. The Labute approximate surface area is 195 Å². The number of nitrogens with zero attached hydrogens (tertiary/aromatic N) is 1. The van der Waals surface area contributed by atoms with E-state index in [2.05, 4.69) is 0 Å². The molecule has 0 aromatic heterocycles. The van der Waals surface area contributed by atoms with E-state index in [0.717, 1.165) is 28.4 Å². The SMILES string of the molecule is COC(=O)C1=CC=C[C@H]2N(Cc3ccc(Cl)cc3)C(C(=O)OC)=C(C(=O)OC)[C@@]12C(=O)OC. The minimum atomic E-state index is -2.03. The minimum Gasteiger partial charge on any atom is -0.468 e. The molecule has 0 saturated carbocycles. The number of methoxy groups -OCH3 is 4. The van der Waals surface area contributed by atoms with Gasteiger partial charge in [-0.05, 0) is 17.7 Å². The molecule has 3 rings (SSSR count). The number of hydrogen-bond donors (Lipinski definition) is 0. The number of allylic oxidation sites excluding steroid dienone is 2. The van der Waals surface area contributed by atoms with Crippen LogP contribution in [-0.2, 0) is 44.7 Å². The number of carbonyl (C=O) groups is 4. The van der Waals surface area contributed by atoms with E-state index in [-0.39, 0.29) is 23.4 Å². The van der Waals surface area contributed by atoms with Crippen LogP contribution in [0.5, 0.6) is 0 Å². The lowest BCUT2D eigenvalue weighted by molar-refractivity contribution is -0.155. The third kappa shape index (κ3) is 3.78. The van der Waals surface area contributed by atoms with Gasteiger partial charge in [0.05, 0.1) is 45.6 Å². The highest BCUT2D eigenvalue weighted by atomic mass is 35.5. The Kier molecular flexibility index (Phi) is 6.92. The van der Waals surface area contributed by atoms with E-state index >= 15 is 0 Å². The molecule has 33 heavy (non-hydrogen) atoms. The first-order valence-electron chi connectivity index (χ1n) is 9.76. The Hall–Kier alpha value is -3.59. The van der Waals surface area contributed by atoms with Crippen molar-refractivity contribution in [3.05, 3.63) is 69.9 Å². The zero-order valence-corrected chi connectivity index (χ0v) is 19.2. The average Bonchev–Trinajstić information content (AvgIpc) is 3.14. The lowest BCUT2D eigenvalue weighted by atomic mass is 9.67. The summed E-state index contributed by atoms with van der Waals surface area (Å²) in [6.07, 6.45) is 4.49. The van der Waals surface area contributed by atoms with E-state index in [1.807, 2.05) is 0 Å². The van der Waals surface area contributed by atoms with Crippen molar-refractivity contribution in [2.24, 2.45) is 5.41 Å². The Morgan fingerprint density at radius 2 is 1.52 bits per heavy atom. The molecule has 0 fully saturated rings. The quantitative estimate of drug-likeness (QED) is 0.450. The third-order valence-electron chi connectivity index (χ3n) is 5.63. The van der Waals surface area contributed by atoms with Gasteiger partial charge in [-0.2, -0.15) is 0 Å². The zero-order chi connectivity index (χ0) is 24.3. The summed E-state index contributed by atoms with van der Waals surface area (Å²) in [4.78, 5) is 53.7. The first-order chi connectivity index (χ1) is 15.8. The van der Waals surface area contributed by atoms with E-state index in [9.17, 15) is 19.2 Å². The maximum absolute atomic E-state index is 13.4. The van der Waals surface area contributed by atoms with Gasteiger partial charge in [0.1, 0.15) is 5.70 Å². The van der Waals surface area contributed by atoms with E-state index in [4.69, 9.17) is 30.5 Å². The highest BCUT2D eigenvalue weighted by Crippen LogP contribution is 2.53. The Bertz CT molecular complexity index is 1090. The summed E-state index contributed by atoms with van der Waals surface area (Å²) in [6.45, 7) is 0.0737. The monoisotopic (exact) mass is 475 g/mol. The number of fused-ring (bicyclic) bond motifs is 1. The standard InChI is InChI=1S/C23H22ClNO8/c1-30-19(26)15-6-5-7-16-23(15,22(29)33-4)17(20(27)31-2)18(21(28)32-3)25(16)12-13-8-10-14(24)11-9-13/h5-11,16H,12H2,1-4H3/t16-,23-/m1/s1. The molecule has 1 aromatic rings. The van der Waals surface area contributed by atoms with Crippen molar-refractivity contribution in [3.63, 3.8) is 0 Å². The van der Waals surface area contributed by atoms with E-state index in [0.29, 0.717) is 10.6 Å². The number of benzene rings is 1. The summed E-state index contributed by atoms with van der Waals surface area (Å²) < 4.78 is 19.9. The second-order valence-corrected chi connectivity index (χ2v) is 7.60. The van der Waals surface area contributed by atoms with Crippen LogP contribution in [0.2, 0.25) is 5.02 Å². The summed E-state index contributed by atoms with van der Waals surface area (Å²) in [6, 6.07) is 5.80. The number of esters is 4. The Balaban J connectivity index is 2.36. The summed E-state index contributed by atoms with van der Waals surface area (Å²) in [7, 11) is 4.51. The summed E-state index contributed by atoms with van der Waals surface area (Å²) >= 11 is 5.99. The molecular weight excluding hydrogens is 454 g/mol. The lowest BCUT2D eigenvalue weighted by Crippen LogP contribution is -2.51. The molecule has 0 saturated heterocycles. The molecule has 1 aliphatic heterocycles. The molecule has 0 N–H and O–H groups in total. The third-order valence-corrected chi connectivity index (χ3v) is 5.88. The maximum atomic E-state index is 13.4. The van der Waals surface area contributed by atoms with Crippen LogP contribution in [0.25, 0.3) is 0 Å². The van der Waals surface area contributed by atoms with Crippen LogP contribution < -0.4 is 0 Å². The molecule has 2 atom stereocenters. The van der Waals surface area contributed by atoms with Crippen molar-refractivity contribution in [2.75, 3.05) is 28.4 Å². The number of hydrogen-bond acceptors (Lipinski definition) is 9. The molecule has 10 heteroatoms. The fraction of sp³-hybridized carbons (Fsp3) is 0.304. The van der Waals surface area contributed by atoms with Gasteiger partial charge in [0, 0.05) is 11.6 Å². The molecule has 0 amide bonds. The normalized spacial score (nSPS) is 21.2. The first kappa shape index (κ1) is 24.1. The minimum absolute atomic E-state index is 0.0737. The van der Waals surface area contributed by atoms with Crippen LogP contribution >= 0.6 is 11.6 Å². The average molecular weight is 476 g/mol. The first-order valence-corrected chi connectivity index (χ1v) is 10.1. The van der Waals surface area contributed by atoms with Gasteiger partial charge >= 0.3 is 23.9 Å². The number of carbonyl (C=O) groups excluding carboxylic acids is 4. The summed E-state index contributed by atoms with van der Waals surface area (Å²) in [5.74, 6) is -3.68. The van der Waals surface area contributed by atoms with E-state index < -0.39 is 35.3 Å². The van der Waals surface area contributed by atoms with Crippen molar-refractivity contribution in [2.45, 2.75) is 12.6 Å². The molecule has 1 aromatic carbocycles. The molecule has 0 spiro atoms. The van der Waals surface area contributed by atoms with Gasteiger partial charge < -0.3 is 23.8 Å². The topological polar surface area (TPSA) is 108 Å². The van der Waals surface area contributed by atoms with Gasteiger partial charge in [-0.1, -0.05) is 42.0 Å². The van der Waals surface area contributed by atoms with Crippen molar-refractivity contribution in [1.82, 2.24) is 4.90 Å². The van der Waals surface area contributed by atoms with Crippen LogP contribution in [0.1, 0.15) is 5.56 Å². The van der Waals surface area contributed by atoms with Gasteiger partial charge in [-0.15, -0.1) is 0 Å². The Morgan fingerprint density at radius 1 is 0.909 bits per heavy atom. The molecule has 2 aliphatic rings. The van der Waals surface area contributed by atoms with Crippen LogP contribution in [0.3, 0.4) is 0 Å². The fourth-order valence-electron chi connectivity index (χ4n) is 4.25. The number of ether oxygens (including phenoxy) is 4. The van der Waals surface area contributed by atoms with Gasteiger partial charge in [-0.3, -0.25) is 4.79 Å². The van der Waals surface area contributed by atoms with Gasteiger partial charge in [0.15, 0.2) is 5.41 Å².